The summed E-state index contributed by atoms with van der Waals surface area (Å²) in [5.41, 5.74) is 2.85. The molecule has 0 atom stereocenters. The number of pyridine rings is 1. The van der Waals surface area contributed by atoms with Gasteiger partial charge in [0.2, 0.25) is 10.0 Å². The molecule has 1 fully saturated rings. The molecule has 2 aliphatic rings. The summed E-state index contributed by atoms with van der Waals surface area (Å²) in [4.78, 5) is 6.70. The lowest BCUT2D eigenvalue weighted by atomic mass is 9.92. The fourth-order valence-corrected chi connectivity index (χ4v) is 5.32. The highest BCUT2D eigenvalue weighted by Gasteiger charge is 2.23. The predicted molar refractivity (Wildman–Crippen MR) is 124 cm³/mol. The molecule has 7 nitrogen and oxygen atoms in total. The smallest absolute Gasteiger partial charge is 0.211 e. The van der Waals surface area contributed by atoms with Gasteiger partial charge in [-0.3, -0.25) is 0 Å². The normalized spacial score (nSPS) is 17.6. The molecule has 0 radical (unpaired) electrons. The first kappa shape index (κ1) is 22.6. The van der Waals surface area contributed by atoms with E-state index in [1.807, 2.05) is 24.3 Å². The van der Waals surface area contributed by atoms with Gasteiger partial charge in [-0.2, -0.15) is 9.57 Å². The molecular formula is C24H30N4O3S. The molecule has 0 bridgehead atoms. The Bertz CT molecular complexity index is 1070. The molecule has 1 aromatic heterocycles. The van der Waals surface area contributed by atoms with Gasteiger partial charge in [0.15, 0.2) is 0 Å². The molecule has 4 rings (SSSR count). The van der Waals surface area contributed by atoms with Crippen LogP contribution in [0.1, 0.15) is 42.4 Å². The minimum absolute atomic E-state index is 0.450. The highest BCUT2D eigenvalue weighted by molar-refractivity contribution is 7.88. The van der Waals surface area contributed by atoms with Crippen molar-refractivity contribution in [3.63, 3.8) is 0 Å². The molecule has 170 valence electrons. The summed E-state index contributed by atoms with van der Waals surface area (Å²) in [6.07, 6.45) is 8.12. The van der Waals surface area contributed by atoms with Crippen molar-refractivity contribution in [1.29, 1.82) is 5.26 Å². The first-order valence-corrected chi connectivity index (χ1v) is 13.1. The molecule has 0 amide bonds. The molecule has 0 unspecified atom stereocenters. The van der Waals surface area contributed by atoms with Gasteiger partial charge < -0.3 is 9.64 Å². The molecule has 8 heteroatoms. The minimum atomic E-state index is -3.15. The number of anilines is 1. The average molecular weight is 455 g/mol. The monoisotopic (exact) mass is 454 g/mol. The van der Waals surface area contributed by atoms with Gasteiger partial charge in [-0.15, -0.1) is 0 Å². The molecular weight excluding hydrogens is 424 g/mol. The Morgan fingerprint density at radius 3 is 2.66 bits per heavy atom. The van der Waals surface area contributed by atoms with Crippen molar-refractivity contribution in [2.45, 2.75) is 38.6 Å². The van der Waals surface area contributed by atoms with E-state index in [1.54, 1.807) is 6.20 Å². The second-order valence-electron chi connectivity index (χ2n) is 8.72. The Hall–Kier alpha value is -2.63. The molecule has 0 N–H and O–H groups in total. The van der Waals surface area contributed by atoms with E-state index in [0.717, 1.165) is 62.3 Å². The van der Waals surface area contributed by atoms with Crippen LogP contribution >= 0.6 is 0 Å². The molecule has 3 heterocycles. The number of benzene rings is 1. The van der Waals surface area contributed by atoms with Crippen LogP contribution in [0, 0.1) is 17.2 Å². The summed E-state index contributed by atoms with van der Waals surface area (Å²) in [5.74, 6) is 2.54. The zero-order chi connectivity index (χ0) is 22.6. The zero-order valence-corrected chi connectivity index (χ0v) is 19.4. The van der Waals surface area contributed by atoms with Crippen LogP contribution in [0.25, 0.3) is 0 Å². The largest absolute Gasteiger partial charge is 0.494 e. The fraction of sp³-hybridized carbons (Fsp3) is 0.500. The Morgan fingerprint density at radius 2 is 1.97 bits per heavy atom. The lowest BCUT2D eigenvalue weighted by Crippen LogP contribution is -2.35. The van der Waals surface area contributed by atoms with Gasteiger partial charge in [0.05, 0.1) is 18.4 Å². The standard InChI is InChI=1S/C24H30N4O3S/c1-32(29,30)28-13-10-21-15-23(6-5-22(21)18-28)31-14-2-3-19-8-11-27(12-9-19)24-7-4-20(16-25)17-26-24/h4-7,15,17,19H,2-3,8-14,18H2,1H3. The number of fused-ring (bicyclic) bond motifs is 1. The summed E-state index contributed by atoms with van der Waals surface area (Å²) < 4.78 is 31.1. The number of nitriles is 1. The van der Waals surface area contributed by atoms with Crippen LogP contribution < -0.4 is 9.64 Å². The van der Waals surface area contributed by atoms with E-state index >= 15 is 0 Å². The third-order valence-electron chi connectivity index (χ3n) is 6.46. The number of sulfonamides is 1. The summed E-state index contributed by atoms with van der Waals surface area (Å²) >= 11 is 0. The van der Waals surface area contributed by atoms with E-state index in [4.69, 9.17) is 10.00 Å². The van der Waals surface area contributed by atoms with Crippen LogP contribution in [0.15, 0.2) is 36.5 Å². The topological polar surface area (TPSA) is 86.5 Å². The van der Waals surface area contributed by atoms with Gasteiger partial charge in [0, 0.05) is 32.4 Å². The highest BCUT2D eigenvalue weighted by Crippen LogP contribution is 2.27. The number of aromatic nitrogens is 1. The Balaban J connectivity index is 1.18. The molecule has 0 saturated carbocycles. The van der Waals surface area contributed by atoms with Gasteiger partial charge in [0.1, 0.15) is 17.6 Å². The molecule has 1 aromatic carbocycles. The van der Waals surface area contributed by atoms with Crippen LogP contribution in [0.5, 0.6) is 5.75 Å². The van der Waals surface area contributed by atoms with Crippen molar-refractivity contribution in [2.24, 2.45) is 5.92 Å². The maximum absolute atomic E-state index is 11.8. The summed E-state index contributed by atoms with van der Waals surface area (Å²) in [6.45, 7) is 3.68. The van der Waals surface area contributed by atoms with Crippen LogP contribution in [0.2, 0.25) is 0 Å². The van der Waals surface area contributed by atoms with E-state index in [-0.39, 0.29) is 0 Å². The first-order valence-electron chi connectivity index (χ1n) is 11.2. The second kappa shape index (κ2) is 9.88. The number of hydrogen-bond acceptors (Lipinski definition) is 6. The quantitative estimate of drug-likeness (QED) is 0.597. The second-order valence-corrected chi connectivity index (χ2v) is 10.7. The highest BCUT2D eigenvalue weighted by atomic mass is 32.2. The van der Waals surface area contributed by atoms with E-state index in [0.29, 0.717) is 31.2 Å². The number of ether oxygens (including phenoxy) is 1. The maximum atomic E-state index is 11.8. The van der Waals surface area contributed by atoms with Crippen molar-refractivity contribution < 1.29 is 13.2 Å². The van der Waals surface area contributed by atoms with Gasteiger partial charge in [-0.25, -0.2) is 13.4 Å². The Kier molecular flexibility index (Phi) is 6.97. The number of piperidine rings is 1. The van der Waals surface area contributed by atoms with Gasteiger partial charge >= 0.3 is 0 Å². The molecule has 32 heavy (non-hydrogen) atoms. The average Bonchev–Trinajstić information content (AvgIpc) is 2.81. The molecule has 0 aliphatic carbocycles. The summed E-state index contributed by atoms with van der Waals surface area (Å²) in [5, 5.41) is 8.90. The number of nitrogens with zero attached hydrogens (tertiary/aromatic N) is 4. The van der Waals surface area contributed by atoms with Crippen LogP contribution in [-0.4, -0.2) is 50.2 Å². The summed E-state index contributed by atoms with van der Waals surface area (Å²) in [6, 6.07) is 11.9. The molecule has 1 saturated heterocycles. The maximum Gasteiger partial charge on any atom is 0.211 e. The molecule has 2 aromatic rings. The fourth-order valence-electron chi connectivity index (χ4n) is 4.53. The SMILES string of the molecule is CS(=O)(=O)N1CCc2cc(OCCCC3CCN(c4ccc(C#N)cn4)CC3)ccc2C1. The Labute approximate surface area is 190 Å². The van der Waals surface area contributed by atoms with E-state index in [9.17, 15) is 8.42 Å². The number of hydrogen-bond donors (Lipinski definition) is 0. The minimum Gasteiger partial charge on any atom is -0.494 e. The van der Waals surface area contributed by atoms with Crippen molar-refractivity contribution in [3.8, 4) is 11.8 Å². The predicted octanol–water partition coefficient (Wildman–Crippen LogP) is 3.35. The van der Waals surface area contributed by atoms with Gasteiger partial charge in [-0.1, -0.05) is 6.07 Å². The van der Waals surface area contributed by atoms with Crippen molar-refractivity contribution >= 4 is 15.8 Å². The zero-order valence-electron chi connectivity index (χ0n) is 18.5. The van der Waals surface area contributed by atoms with Crippen molar-refractivity contribution in [2.75, 3.05) is 37.4 Å². The van der Waals surface area contributed by atoms with Crippen molar-refractivity contribution in [1.82, 2.24) is 9.29 Å². The van der Waals surface area contributed by atoms with Crippen molar-refractivity contribution in [3.05, 3.63) is 53.2 Å². The van der Waals surface area contributed by atoms with E-state index < -0.39 is 10.0 Å². The van der Waals surface area contributed by atoms with Crippen LogP contribution in [-0.2, 0) is 23.0 Å². The van der Waals surface area contributed by atoms with Crippen LogP contribution in [0.3, 0.4) is 0 Å². The third kappa shape index (κ3) is 5.59. The Morgan fingerprint density at radius 1 is 1.16 bits per heavy atom. The third-order valence-corrected chi connectivity index (χ3v) is 7.71. The first-order chi connectivity index (χ1) is 15.4. The van der Waals surface area contributed by atoms with Gasteiger partial charge in [0.25, 0.3) is 0 Å². The van der Waals surface area contributed by atoms with Crippen LogP contribution in [0.4, 0.5) is 5.82 Å². The summed E-state index contributed by atoms with van der Waals surface area (Å²) in [7, 11) is -3.15. The van der Waals surface area contributed by atoms with Gasteiger partial charge in [-0.05, 0) is 73.4 Å². The lowest BCUT2D eigenvalue weighted by molar-refractivity contribution is 0.278. The number of rotatable bonds is 7. The van der Waals surface area contributed by atoms with E-state index in [2.05, 4.69) is 22.0 Å². The van der Waals surface area contributed by atoms with E-state index in [1.165, 1.54) is 16.1 Å². The molecule has 0 spiro atoms. The molecule has 2 aliphatic heterocycles. The lowest BCUT2D eigenvalue weighted by Gasteiger charge is -2.32.